The Bertz CT molecular complexity index is 466. The number of aromatic nitrogens is 1. The lowest BCUT2D eigenvalue weighted by atomic mass is 10.1. The van der Waals surface area contributed by atoms with E-state index in [9.17, 15) is 10.1 Å². The molecule has 0 aromatic carbocycles. The molecule has 4 N–H and O–H groups in total. The van der Waals surface area contributed by atoms with Crippen LogP contribution in [0.25, 0.3) is 0 Å². The van der Waals surface area contributed by atoms with E-state index in [1.54, 1.807) is 0 Å². The molecule has 1 saturated heterocycles. The number of nitro groups is 1. The highest BCUT2D eigenvalue weighted by molar-refractivity contribution is 5.54. The van der Waals surface area contributed by atoms with E-state index in [1.165, 1.54) is 12.1 Å². The first-order valence-electron chi connectivity index (χ1n) is 6.16. The summed E-state index contributed by atoms with van der Waals surface area (Å²) >= 11 is 0. The number of nitrogens with zero attached hydrogens (tertiary/aromatic N) is 3. The van der Waals surface area contributed by atoms with Crippen molar-refractivity contribution in [3.8, 4) is 0 Å². The minimum atomic E-state index is -0.458. The third-order valence-electron chi connectivity index (χ3n) is 3.15. The molecular formula is C11H18N6O2. The van der Waals surface area contributed by atoms with Gasteiger partial charge in [-0.3, -0.25) is 10.1 Å². The van der Waals surface area contributed by atoms with Crippen LogP contribution in [0.5, 0.6) is 0 Å². The molecule has 1 fully saturated rings. The van der Waals surface area contributed by atoms with Crippen LogP contribution in [0.3, 0.4) is 0 Å². The van der Waals surface area contributed by atoms with E-state index in [-0.39, 0.29) is 17.5 Å². The number of hydrogen-bond acceptors (Lipinski definition) is 7. The zero-order chi connectivity index (χ0) is 13.8. The van der Waals surface area contributed by atoms with Gasteiger partial charge >= 0.3 is 0 Å². The molecular weight excluding hydrogens is 248 g/mol. The Morgan fingerprint density at radius 3 is 2.89 bits per heavy atom. The van der Waals surface area contributed by atoms with Crippen LogP contribution in [0.4, 0.5) is 17.3 Å². The summed E-state index contributed by atoms with van der Waals surface area (Å²) in [5.74, 6) is 6.02. The lowest BCUT2D eigenvalue weighted by Gasteiger charge is -2.30. The van der Waals surface area contributed by atoms with Crippen LogP contribution in [0, 0.1) is 10.1 Å². The summed E-state index contributed by atoms with van der Waals surface area (Å²) in [4.78, 5) is 16.8. The Hall–Kier alpha value is -1.93. The molecule has 0 amide bonds. The number of hydrazine groups is 1. The highest BCUT2D eigenvalue weighted by Gasteiger charge is 2.19. The molecule has 0 spiro atoms. The summed E-state index contributed by atoms with van der Waals surface area (Å²) in [6.45, 7) is 1.98. The second-order valence-electron chi connectivity index (χ2n) is 4.74. The molecule has 0 radical (unpaired) electrons. The molecule has 1 aliphatic heterocycles. The van der Waals surface area contributed by atoms with Crippen molar-refractivity contribution in [2.24, 2.45) is 5.84 Å². The average molecular weight is 266 g/mol. The van der Waals surface area contributed by atoms with E-state index in [0.29, 0.717) is 5.82 Å². The fraction of sp³-hybridized carbons (Fsp3) is 0.545. The molecule has 1 aromatic heterocycles. The van der Waals surface area contributed by atoms with Crippen molar-refractivity contribution in [3.05, 3.63) is 22.2 Å². The third kappa shape index (κ3) is 3.52. The average Bonchev–Trinajstić information content (AvgIpc) is 2.38. The van der Waals surface area contributed by atoms with Crippen LogP contribution in [0.1, 0.15) is 12.8 Å². The van der Waals surface area contributed by atoms with Gasteiger partial charge in [0, 0.05) is 12.6 Å². The van der Waals surface area contributed by atoms with Gasteiger partial charge in [-0.1, -0.05) is 0 Å². The standard InChI is InChI=1S/C11H18N6O2/c1-16-4-2-3-8(7-16)13-10-5-9(17(18)19)6-11(14-10)15-12/h5-6,8H,2-4,7,12H2,1H3,(H2,13,14,15). The number of nitrogen functional groups attached to an aromatic ring is 1. The third-order valence-corrected chi connectivity index (χ3v) is 3.15. The van der Waals surface area contributed by atoms with Crippen LogP contribution in [0.15, 0.2) is 12.1 Å². The number of hydrogen-bond donors (Lipinski definition) is 3. The van der Waals surface area contributed by atoms with Gasteiger partial charge in [0.25, 0.3) is 5.69 Å². The molecule has 0 saturated carbocycles. The molecule has 1 atom stereocenters. The first kappa shape index (κ1) is 13.5. The fourth-order valence-electron chi connectivity index (χ4n) is 2.26. The summed E-state index contributed by atoms with van der Waals surface area (Å²) in [5, 5.41) is 14.1. The Balaban J connectivity index is 2.14. The molecule has 19 heavy (non-hydrogen) atoms. The van der Waals surface area contributed by atoms with Crippen LogP contribution in [0.2, 0.25) is 0 Å². The number of nitrogens with two attached hydrogens (primary N) is 1. The number of likely N-dealkylation sites (N-methyl/N-ethyl adjacent to an activating group) is 1. The summed E-state index contributed by atoms with van der Waals surface area (Å²) < 4.78 is 0. The molecule has 104 valence electrons. The van der Waals surface area contributed by atoms with Gasteiger partial charge in [0.1, 0.15) is 11.6 Å². The highest BCUT2D eigenvalue weighted by Crippen LogP contribution is 2.22. The fourth-order valence-corrected chi connectivity index (χ4v) is 2.26. The highest BCUT2D eigenvalue weighted by atomic mass is 16.6. The van der Waals surface area contributed by atoms with Crippen molar-refractivity contribution in [3.63, 3.8) is 0 Å². The first-order chi connectivity index (χ1) is 9.08. The number of piperidine rings is 1. The van der Waals surface area contributed by atoms with E-state index in [0.717, 1.165) is 25.9 Å². The van der Waals surface area contributed by atoms with E-state index in [1.807, 2.05) is 0 Å². The Labute approximate surface area is 111 Å². The van der Waals surface area contributed by atoms with E-state index in [4.69, 9.17) is 5.84 Å². The lowest BCUT2D eigenvalue weighted by molar-refractivity contribution is -0.384. The maximum absolute atomic E-state index is 10.8. The lowest BCUT2D eigenvalue weighted by Crippen LogP contribution is -2.39. The summed E-state index contributed by atoms with van der Waals surface area (Å²) in [6.07, 6.45) is 2.13. The number of anilines is 2. The molecule has 0 bridgehead atoms. The van der Waals surface area contributed by atoms with E-state index >= 15 is 0 Å². The number of nitrogens with one attached hydrogen (secondary N) is 2. The number of likely N-dealkylation sites (tertiary alicyclic amines) is 1. The monoisotopic (exact) mass is 266 g/mol. The van der Waals surface area contributed by atoms with Crippen LogP contribution in [-0.2, 0) is 0 Å². The van der Waals surface area contributed by atoms with Gasteiger partial charge < -0.3 is 15.6 Å². The number of pyridine rings is 1. The zero-order valence-corrected chi connectivity index (χ0v) is 10.8. The molecule has 0 aliphatic carbocycles. The zero-order valence-electron chi connectivity index (χ0n) is 10.8. The van der Waals surface area contributed by atoms with Gasteiger partial charge in [0.2, 0.25) is 0 Å². The molecule has 1 aliphatic rings. The first-order valence-corrected chi connectivity index (χ1v) is 6.16. The summed E-state index contributed by atoms with van der Waals surface area (Å²) in [7, 11) is 2.06. The van der Waals surface area contributed by atoms with Gasteiger partial charge in [-0.2, -0.15) is 0 Å². The van der Waals surface area contributed by atoms with Gasteiger partial charge in [-0.15, -0.1) is 0 Å². The second kappa shape index (κ2) is 5.81. The van der Waals surface area contributed by atoms with Crippen molar-refractivity contribution in [2.45, 2.75) is 18.9 Å². The molecule has 1 aromatic rings. The molecule has 8 heteroatoms. The Morgan fingerprint density at radius 2 is 2.26 bits per heavy atom. The van der Waals surface area contributed by atoms with Gasteiger partial charge in [0.05, 0.1) is 17.1 Å². The number of rotatable bonds is 4. The normalized spacial score (nSPS) is 20.0. The minimum Gasteiger partial charge on any atom is -0.366 e. The van der Waals surface area contributed by atoms with E-state index in [2.05, 4.69) is 27.7 Å². The maximum atomic E-state index is 10.8. The largest absolute Gasteiger partial charge is 0.366 e. The predicted molar refractivity (Wildman–Crippen MR) is 72.8 cm³/mol. The SMILES string of the molecule is CN1CCCC(Nc2cc([N+](=O)[O-])cc(NN)n2)C1. The van der Waals surface area contributed by atoms with Crippen molar-refractivity contribution < 1.29 is 4.92 Å². The van der Waals surface area contributed by atoms with Crippen LogP contribution in [-0.4, -0.2) is 41.0 Å². The van der Waals surface area contributed by atoms with Crippen molar-refractivity contribution in [1.82, 2.24) is 9.88 Å². The second-order valence-corrected chi connectivity index (χ2v) is 4.74. The van der Waals surface area contributed by atoms with Crippen molar-refractivity contribution >= 4 is 17.3 Å². The molecule has 2 heterocycles. The smallest absolute Gasteiger partial charge is 0.276 e. The van der Waals surface area contributed by atoms with E-state index < -0.39 is 4.92 Å². The summed E-state index contributed by atoms with van der Waals surface area (Å²) in [5.41, 5.74) is 2.31. The van der Waals surface area contributed by atoms with Crippen molar-refractivity contribution in [1.29, 1.82) is 0 Å². The Kier molecular flexibility index (Phi) is 4.13. The van der Waals surface area contributed by atoms with Crippen molar-refractivity contribution in [2.75, 3.05) is 30.9 Å². The predicted octanol–water partition coefficient (Wildman–Crippen LogP) is 0.781. The molecule has 2 rings (SSSR count). The minimum absolute atomic E-state index is 0.0328. The van der Waals surface area contributed by atoms with Crippen LogP contribution >= 0.6 is 0 Å². The van der Waals surface area contributed by atoms with Gasteiger partial charge in [-0.05, 0) is 26.4 Å². The van der Waals surface area contributed by atoms with Gasteiger partial charge in [-0.25, -0.2) is 10.8 Å². The molecule has 1 unspecified atom stereocenters. The maximum Gasteiger partial charge on any atom is 0.276 e. The summed E-state index contributed by atoms with van der Waals surface area (Å²) in [6, 6.07) is 2.98. The topological polar surface area (TPSA) is 109 Å². The Morgan fingerprint density at radius 1 is 1.53 bits per heavy atom. The van der Waals surface area contributed by atoms with Gasteiger partial charge in [0.15, 0.2) is 0 Å². The van der Waals surface area contributed by atoms with Crippen LogP contribution < -0.4 is 16.6 Å². The molecule has 8 nitrogen and oxygen atoms in total. The quantitative estimate of drug-likeness (QED) is 0.419.